The molecule has 0 bridgehead atoms. The Morgan fingerprint density at radius 1 is 1.10 bits per heavy atom. The first-order valence-electron chi connectivity index (χ1n) is 6.31. The van der Waals surface area contributed by atoms with E-state index in [1.54, 1.807) is 26.3 Å². The molecular weight excluding hydrogens is 254 g/mol. The number of benzene rings is 2. The third kappa shape index (κ3) is 3.29. The van der Waals surface area contributed by atoms with Gasteiger partial charge in [-0.2, -0.15) is 0 Å². The van der Waals surface area contributed by atoms with Crippen molar-refractivity contribution in [3.63, 3.8) is 0 Å². The van der Waals surface area contributed by atoms with Gasteiger partial charge in [0.2, 0.25) is 0 Å². The number of amides is 1. The summed E-state index contributed by atoms with van der Waals surface area (Å²) in [7, 11) is 3.23. The normalized spacial score (nSPS) is 9.90. The van der Waals surface area contributed by atoms with E-state index >= 15 is 0 Å². The highest BCUT2D eigenvalue weighted by atomic mass is 16.5. The van der Waals surface area contributed by atoms with Gasteiger partial charge in [-0.15, -0.1) is 0 Å². The molecule has 1 amide bonds. The van der Waals surface area contributed by atoms with Crippen molar-refractivity contribution in [1.29, 1.82) is 0 Å². The summed E-state index contributed by atoms with van der Waals surface area (Å²) >= 11 is 0. The van der Waals surface area contributed by atoms with E-state index in [0.717, 1.165) is 11.3 Å². The van der Waals surface area contributed by atoms with Gasteiger partial charge in [-0.3, -0.25) is 4.79 Å². The van der Waals surface area contributed by atoms with Crippen LogP contribution in [0.2, 0.25) is 0 Å². The maximum atomic E-state index is 11.7. The molecule has 2 aromatic carbocycles. The number of nitrogens with one attached hydrogen (secondary N) is 1. The maximum Gasteiger partial charge on any atom is 0.254 e. The van der Waals surface area contributed by atoms with Crippen LogP contribution in [-0.2, 0) is 6.61 Å². The van der Waals surface area contributed by atoms with Gasteiger partial charge >= 0.3 is 0 Å². The van der Waals surface area contributed by atoms with Gasteiger partial charge in [0.05, 0.1) is 12.7 Å². The summed E-state index contributed by atoms with van der Waals surface area (Å²) in [5.41, 5.74) is 1.54. The molecule has 104 valence electrons. The van der Waals surface area contributed by atoms with Crippen LogP contribution in [0.1, 0.15) is 15.9 Å². The minimum absolute atomic E-state index is 0.157. The third-order valence-electron chi connectivity index (χ3n) is 2.91. The standard InChI is InChI=1S/C16H17NO3/c1-17-16(18)14-5-3-4-6-15(14)20-11-12-7-9-13(19-2)10-8-12/h3-10H,11H2,1-2H3,(H,17,18). The molecule has 0 heterocycles. The van der Waals surface area contributed by atoms with Crippen molar-refractivity contribution in [3.05, 3.63) is 59.7 Å². The lowest BCUT2D eigenvalue weighted by Gasteiger charge is -2.10. The van der Waals surface area contributed by atoms with Gasteiger partial charge < -0.3 is 14.8 Å². The molecule has 0 aliphatic rings. The maximum absolute atomic E-state index is 11.7. The van der Waals surface area contributed by atoms with E-state index in [2.05, 4.69) is 5.32 Å². The fraction of sp³-hybridized carbons (Fsp3) is 0.188. The van der Waals surface area contributed by atoms with Gasteiger partial charge in [-0.05, 0) is 29.8 Å². The predicted molar refractivity (Wildman–Crippen MR) is 77.2 cm³/mol. The molecule has 4 heteroatoms. The lowest BCUT2D eigenvalue weighted by Crippen LogP contribution is -2.18. The first-order valence-corrected chi connectivity index (χ1v) is 6.31. The monoisotopic (exact) mass is 271 g/mol. The van der Waals surface area contributed by atoms with Crippen molar-refractivity contribution >= 4 is 5.91 Å². The molecule has 0 saturated heterocycles. The molecular formula is C16H17NO3. The van der Waals surface area contributed by atoms with Crippen LogP contribution in [0.5, 0.6) is 11.5 Å². The van der Waals surface area contributed by atoms with Gasteiger partial charge in [0.25, 0.3) is 5.91 Å². The van der Waals surface area contributed by atoms with Crippen molar-refractivity contribution in [2.24, 2.45) is 0 Å². The molecule has 0 saturated carbocycles. The second-order valence-corrected chi connectivity index (χ2v) is 4.21. The van der Waals surface area contributed by atoms with Crippen LogP contribution in [0.25, 0.3) is 0 Å². The molecule has 2 rings (SSSR count). The lowest BCUT2D eigenvalue weighted by molar-refractivity contribution is 0.0958. The summed E-state index contributed by atoms with van der Waals surface area (Å²) in [6, 6.07) is 14.8. The summed E-state index contributed by atoms with van der Waals surface area (Å²) in [4.78, 5) is 11.7. The number of hydrogen-bond acceptors (Lipinski definition) is 3. The average Bonchev–Trinajstić information content (AvgIpc) is 2.53. The Morgan fingerprint density at radius 2 is 1.80 bits per heavy atom. The second-order valence-electron chi connectivity index (χ2n) is 4.21. The van der Waals surface area contributed by atoms with Crippen molar-refractivity contribution < 1.29 is 14.3 Å². The zero-order valence-corrected chi connectivity index (χ0v) is 11.6. The second kappa shape index (κ2) is 6.61. The summed E-state index contributed by atoms with van der Waals surface area (Å²) in [6.07, 6.45) is 0. The summed E-state index contributed by atoms with van der Waals surface area (Å²) in [6.45, 7) is 0.401. The van der Waals surface area contributed by atoms with Crippen LogP contribution in [-0.4, -0.2) is 20.1 Å². The number of ether oxygens (including phenoxy) is 2. The van der Waals surface area contributed by atoms with Crippen molar-refractivity contribution in [1.82, 2.24) is 5.32 Å². The van der Waals surface area contributed by atoms with Crippen LogP contribution in [0.4, 0.5) is 0 Å². The minimum atomic E-state index is -0.157. The van der Waals surface area contributed by atoms with E-state index in [0.29, 0.717) is 17.9 Å². The number of carbonyl (C=O) groups is 1. The summed E-state index contributed by atoms with van der Waals surface area (Å²) < 4.78 is 10.8. The van der Waals surface area contributed by atoms with Crippen LogP contribution in [0.3, 0.4) is 0 Å². The molecule has 20 heavy (non-hydrogen) atoms. The van der Waals surface area contributed by atoms with E-state index in [9.17, 15) is 4.79 Å². The zero-order chi connectivity index (χ0) is 14.4. The topological polar surface area (TPSA) is 47.6 Å². The average molecular weight is 271 g/mol. The van der Waals surface area contributed by atoms with Gasteiger partial charge in [0.15, 0.2) is 0 Å². The molecule has 0 radical (unpaired) electrons. The zero-order valence-electron chi connectivity index (χ0n) is 11.6. The highest BCUT2D eigenvalue weighted by Gasteiger charge is 2.10. The Labute approximate surface area is 118 Å². The molecule has 0 aliphatic heterocycles. The Morgan fingerprint density at radius 3 is 2.45 bits per heavy atom. The Kier molecular flexibility index (Phi) is 4.60. The quantitative estimate of drug-likeness (QED) is 0.909. The Bertz CT molecular complexity index is 579. The van der Waals surface area contributed by atoms with Gasteiger partial charge in [0.1, 0.15) is 18.1 Å². The van der Waals surface area contributed by atoms with Crippen LogP contribution < -0.4 is 14.8 Å². The Hall–Kier alpha value is -2.49. The fourth-order valence-corrected chi connectivity index (χ4v) is 1.80. The molecule has 0 spiro atoms. The van der Waals surface area contributed by atoms with Gasteiger partial charge in [0, 0.05) is 7.05 Å². The number of carbonyl (C=O) groups excluding carboxylic acids is 1. The number of hydrogen-bond donors (Lipinski definition) is 1. The SMILES string of the molecule is CNC(=O)c1ccccc1OCc1ccc(OC)cc1. The molecule has 0 atom stereocenters. The summed E-state index contributed by atoms with van der Waals surface area (Å²) in [5.74, 6) is 1.22. The smallest absolute Gasteiger partial charge is 0.254 e. The number of methoxy groups -OCH3 is 1. The van der Waals surface area contributed by atoms with Crippen molar-refractivity contribution in [2.75, 3.05) is 14.2 Å². The highest BCUT2D eigenvalue weighted by Crippen LogP contribution is 2.20. The first-order chi connectivity index (χ1) is 9.74. The molecule has 1 N–H and O–H groups in total. The minimum Gasteiger partial charge on any atom is -0.497 e. The molecule has 4 nitrogen and oxygen atoms in total. The Balaban J connectivity index is 2.08. The molecule has 0 aromatic heterocycles. The summed E-state index contributed by atoms with van der Waals surface area (Å²) in [5, 5.41) is 2.60. The van der Waals surface area contributed by atoms with Gasteiger partial charge in [-0.25, -0.2) is 0 Å². The third-order valence-corrected chi connectivity index (χ3v) is 2.91. The molecule has 0 aliphatic carbocycles. The largest absolute Gasteiger partial charge is 0.497 e. The van der Waals surface area contributed by atoms with E-state index < -0.39 is 0 Å². The van der Waals surface area contributed by atoms with E-state index in [-0.39, 0.29) is 5.91 Å². The van der Waals surface area contributed by atoms with Crippen LogP contribution in [0.15, 0.2) is 48.5 Å². The van der Waals surface area contributed by atoms with E-state index in [1.807, 2.05) is 36.4 Å². The molecule has 0 fully saturated rings. The highest BCUT2D eigenvalue weighted by molar-refractivity contribution is 5.96. The van der Waals surface area contributed by atoms with Crippen LogP contribution in [0, 0.1) is 0 Å². The fourth-order valence-electron chi connectivity index (χ4n) is 1.80. The van der Waals surface area contributed by atoms with Crippen molar-refractivity contribution in [3.8, 4) is 11.5 Å². The van der Waals surface area contributed by atoms with Gasteiger partial charge in [-0.1, -0.05) is 24.3 Å². The number of para-hydroxylation sites is 1. The molecule has 0 unspecified atom stereocenters. The predicted octanol–water partition coefficient (Wildman–Crippen LogP) is 2.63. The molecule has 2 aromatic rings. The first kappa shape index (κ1) is 13.9. The van der Waals surface area contributed by atoms with Crippen LogP contribution >= 0.6 is 0 Å². The van der Waals surface area contributed by atoms with Crippen molar-refractivity contribution in [2.45, 2.75) is 6.61 Å². The lowest BCUT2D eigenvalue weighted by atomic mass is 10.2. The van der Waals surface area contributed by atoms with E-state index in [1.165, 1.54) is 0 Å². The van der Waals surface area contributed by atoms with E-state index in [4.69, 9.17) is 9.47 Å². The number of rotatable bonds is 5.